The number of halogens is 3. The fraction of sp³-hybridized carbons (Fsp3) is 0.517. The van der Waals surface area contributed by atoms with Crippen molar-refractivity contribution in [1.82, 2.24) is 5.32 Å². The lowest BCUT2D eigenvalue weighted by molar-refractivity contribution is -0.123. The number of rotatable bonds is 5. The van der Waals surface area contributed by atoms with E-state index in [-0.39, 0.29) is 40.0 Å². The number of nitrogens with one attached hydrogen (secondary N) is 2. The fourth-order valence-electron chi connectivity index (χ4n) is 6.85. The summed E-state index contributed by atoms with van der Waals surface area (Å²) in [6.45, 7) is 6.26. The Hall–Kier alpha value is -1.99. The van der Waals surface area contributed by atoms with Gasteiger partial charge in [-0.15, -0.1) is 0 Å². The standard InChI is InChI=1S/C29H33Cl2FN2O3/c1-28(2,3)14-23-29(19-10-8-16(30)13-21(19)33-27(29)37)24(18-5-4-6-20(31)25(18)32)26(34-23)22(36)12-15-7-9-17(35)11-15/h4-6,8,10,13,15,17,23-24,26,34-35H,7,9,11-12,14H2,1-3H3,(H,33,37)/t15-,17+,23+,24-,26-,29-/m0/s1. The van der Waals surface area contributed by atoms with Crippen LogP contribution in [-0.2, 0) is 15.0 Å². The smallest absolute Gasteiger partial charge is 0.237 e. The molecule has 37 heavy (non-hydrogen) atoms. The molecule has 0 radical (unpaired) electrons. The van der Waals surface area contributed by atoms with Crippen LogP contribution < -0.4 is 10.6 Å². The first-order valence-electron chi connectivity index (χ1n) is 12.9. The Balaban J connectivity index is 1.70. The first kappa shape index (κ1) is 26.6. The van der Waals surface area contributed by atoms with Gasteiger partial charge in [-0.05, 0) is 66.3 Å². The Morgan fingerprint density at radius 1 is 1.19 bits per heavy atom. The molecule has 5 nitrogen and oxygen atoms in total. The maximum atomic E-state index is 15.8. The summed E-state index contributed by atoms with van der Waals surface area (Å²) in [6, 6.07) is 8.79. The van der Waals surface area contributed by atoms with E-state index in [0.717, 1.165) is 6.42 Å². The van der Waals surface area contributed by atoms with E-state index < -0.39 is 35.3 Å². The highest BCUT2D eigenvalue weighted by atomic mass is 35.5. The van der Waals surface area contributed by atoms with Gasteiger partial charge in [-0.2, -0.15) is 0 Å². The molecule has 0 unspecified atom stereocenters. The summed E-state index contributed by atoms with van der Waals surface area (Å²) in [7, 11) is 0. The lowest BCUT2D eigenvalue weighted by atomic mass is 9.62. The van der Waals surface area contributed by atoms with E-state index in [2.05, 4.69) is 31.4 Å². The lowest BCUT2D eigenvalue weighted by Gasteiger charge is -2.37. The molecular formula is C29H33Cl2FN2O3. The van der Waals surface area contributed by atoms with Crippen molar-refractivity contribution in [2.24, 2.45) is 11.3 Å². The highest BCUT2D eigenvalue weighted by molar-refractivity contribution is 6.31. The molecule has 2 fully saturated rings. The Bertz CT molecular complexity index is 1250. The Labute approximate surface area is 227 Å². The molecule has 8 heteroatoms. The van der Waals surface area contributed by atoms with E-state index in [1.807, 2.05) is 6.07 Å². The average molecular weight is 547 g/mol. The van der Waals surface area contributed by atoms with Crippen LogP contribution in [0.4, 0.5) is 10.1 Å². The van der Waals surface area contributed by atoms with Crippen LogP contribution in [-0.4, -0.2) is 35.0 Å². The molecule has 1 spiro atoms. The predicted octanol–water partition coefficient (Wildman–Crippen LogP) is 6.00. The van der Waals surface area contributed by atoms with E-state index in [0.29, 0.717) is 35.5 Å². The van der Waals surface area contributed by atoms with Crippen molar-refractivity contribution in [3.8, 4) is 0 Å². The molecule has 1 aliphatic carbocycles. The molecule has 3 N–H and O–H groups in total. The van der Waals surface area contributed by atoms with E-state index in [4.69, 9.17) is 23.2 Å². The molecule has 5 rings (SSSR count). The normalized spacial score (nSPS) is 31.1. The minimum absolute atomic E-state index is 0.0493. The van der Waals surface area contributed by atoms with Crippen LogP contribution in [0.15, 0.2) is 36.4 Å². The quantitative estimate of drug-likeness (QED) is 0.429. The number of aliphatic hydroxyl groups is 1. The maximum Gasteiger partial charge on any atom is 0.237 e. The second kappa shape index (κ2) is 9.64. The van der Waals surface area contributed by atoms with Crippen LogP contribution in [0, 0.1) is 17.2 Å². The summed E-state index contributed by atoms with van der Waals surface area (Å²) < 4.78 is 15.8. The topological polar surface area (TPSA) is 78.4 Å². The summed E-state index contributed by atoms with van der Waals surface area (Å²) in [5.41, 5.74) is 0.107. The van der Waals surface area contributed by atoms with Crippen LogP contribution in [0.2, 0.25) is 10.0 Å². The van der Waals surface area contributed by atoms with Crippen molar-refractivity contribution < 1.29 is 19.1 Å². The Kier molecular flexibility index (Phi) is 6.93. The Morgan fingerprint density at radius 3 is 2.62 bits per heavy atom. The number of aliphatic hydroxyl groups excluding tert-OH is 1. The Morgan fingerprint density at radius 2 is 1.95 bits per heavy atom. The van der Waals surface area contributed by atoms with Crippen LogP contribution in [0.3, 0.4) is 0 Å². The molecule has 1 amide bonds. The van der Waals surface area contributed by atoms with Crippen molar-refractivity contribution in [3.63, 3.8) is 0 Å². The van der Waals surface area contributed by atoms with Gasteiger partial charge < -0.3 is 15.7 Å². The first-order valence-corrected chi connectivity index (χ1v) is 13.7. The third-order valence-corrected chi connectivity index (χ3v) is 8.82. The van der Waals surface area contributed by atoms with Gasteiger partial charge in [-0.1, -0.05) is 62.2 Å². The number of anilines is 1. The van der Waals surface area contributed by atoms with Crippen molar-refractivity contribution in [3.05, 3.63) is 63.4 Å². The second-order valence-corrected chi connectivity index (χ2v) is 12.9. The summed E-state index contributed by atoms with van der Waals surface area (Å²) in [6.07, 6.45) is 2.47. The van der Waals surface area contributed by atoms with Gasteiger partial charge in [0.25, 0.3) is 0 Å². The lowest BCUT2D eigenvalue weighted by Crippen LogP contribution is -2.49. The molecule has 2 heterocycles. The molecule has 2 aromatic carbocycles. The molecule has 198 valence electrons. The van der Waals surface area contributed by atoms with Crippen molar-refractivity contribution >= 4 is 40.6 Å². The van der Waals surface area contributed by atoms with Crippen molar-refractivity contribution in [1.29, 1.82) is 0 Å². The summed E-state index contributed by atoms with van der Waals surface area (Å²) >= 11 is 12.5. The zero-order valence-corrected chi connectivity index (χ0v) is 22.8. The number of hydrogen-bond donors (Lipinski definition) is 3. The number of ketones is 1. The summed E-state index contributed by atoms with van der Waals surface area (Å²) in [4.78, 5) is 28.1. The number of benzene rings is 2. The van der Waals surface area contributed by atoms with Crippen molar-refractivity contribution in [2.75, 3.05) is 5.32 Å². The average Bonchev–Trinajstić information content (AvgIpc) is 3.44. The van der Waals surface area contributed by atoms with E-state index in [1.54, 1.807) is 24.3 Å². The third kappa shape index (κ3) is 4.60. The molecule has 1 saturated carbocycles. The number of carbonyl (C=O) groups is 2. The number of Topliss-reactive ketones (excluding diaryl/α,β-unsaturated/α-hetero) is 1. The molecule has 0 aromatic heterocycles. The summed E-state index contributed by atoms with van der Waals surface area (Å²) in [5, 5.41) is 17.0. The predicted molar refractivity (Wildman–Crippen MR) is 144 cm³/mol. The van der Waals surface area contributed by atoms with Crippen molar-refractivity contribution in [2.45, 2.75) is 82.4 Å². The molecule has 2 aliphatic heterocycles. The number of hydrogen-bond acceptors (Lipinski definition) is 4. The van der Waals surface area contributed by atoms with E-state index in [1.165, 1.54) is 6.07 Å². The molecule has 0 bridgehead atoms. The van der Waals surface area contributed by atoms with Gasteiger partial charge in [0.2, 0.25) is 5.91 Å². The first-order chi connectivity index (χ1) is 17.4. The highest BCUT2D eigenvalue weighted by Crippen LogP contribution is 2.57. The minimum atomic E-state index is -1.24. The van der Waals surface area contributed by atoms with Gasteiger partial charge in [0.15, 0.2) is 5.78 Å². The third-order valence-electron chi connectivity index (χ3n) is 8.29. The van der Waals surface area contributed by atoms with Gasteiger partial charge in [0, 0.05) is 29.1 Å². The molecule has 1 saturated heterocycles. The molecule has 2 aromatic rings. The number of carbonyl (C=O) groups excluding carboxylic acids is 2. The van der Waals surface area contributed by atoms with Gasteiger partial charge in [0.05, 0.1) is 17.2 Å². The number of fused-ring (bicyclic) bond motifs is 2. The second-order valence-electron chi connectivity index (χ2n) is 12.1. The largest absolute Gasteiger partial charge is 0.393 e. The van der Waals surface area contributed by atoms with E-state index in [9.17, 15) is 14.7 Å². The van der Waals surface area contributed by atoms with Gasteiger partial charge >= 0.3 is 0 Å². The molecular weight excluding hydrogens is 514 g/mol. The highest BCUT2D eigenvalue weighted by Gasteiger charge is 2.66. The minimum Gasteiger partial charge on any atom is -0.393 e. The molecule has 3 aliphatic rings. The summed E-state index contributed by atoms with van der Waals surface area (Å²) in [5.74, 6) is -1.72. The van der Waals surface area contributed by atoms with Crippen LogP contribution in [0.5, 0.6) is 0 Å². The van der Waals surface area contributed by atoms with Gasteiger partial charge in [-0.25, -0.2) is 4.39 Å². The SMILES string of the molecule is CC(C)(C)C[C@H]1N[C@@H](C(=O)C[C@H]2CC[C@@H](O)C2)[C@H](c2cccc(Cl)c2F)[C@@]12C(=O)Nc1cc(Cl)ccc12. The molecule has 6 atom stereocenters. The van der Waals surface area contributed by atoms with Gasteiger partial charge in [0.1, 0.15) is 11.2 Å². The number of amides is 1. The zero-order valence-electron chi connectivity index (χ0n) is 21.3. The van der Waals surface area contributed by atoms with Crippen LogP contribution >= 0.6 is 23.2 Å². The zero-order chi connectivity index (χ0) is 26.7. The maximum absolute atomic E-state index is 15.8. The fourth-order valence-corrected chi connectivity index (χ4v) is 7.20. The monoisotopic (exact) mass is 546 g/mol. The van der Waals surface area contributed by atoms with Gasteiger partial charge in [-0.3, -0.25) is 9.59 Å². The van der Waals surface area contributed by atoms with E-state index >= 15 is 4.39 Å². The van der Waals surface area contributed by atoms with Crippen LogP contribution in [0.1, 0.15) is 69.9 Å². The van der Waals surface area contributed by atoms with Crippen LogP contribution in [0.25, 0.3) is 0 Å².